The number of para-hydroxylation sites is 5. The van der Waals surface area contributed by atoms with E-state index in [0.717, 1.165) is 61.3 Å². The zero-order valence-corrected chi connectivity index (χ0v) is 25.2. The molecule has 218 valence electrons. The number of fused-ring (bicyclic) bond motifs is 14. The lowest BCUT2D eigenvalue weighted by Crippen LogP contribution is -2.03. The molecular weight excluding hydrogens is 574 g/mol. The standard InChI is InChI=1S/C42H25N5/c1-2-16-30-26(12-1)31-24-38-32(25-39(31)47-37-21-10-6-17-33(37)43-42(30)47)29-15-5-9-20-36(29)46(38)41-23-11-22-40(44-41)45-34-18-7-3-13-27(34)28-14-4-8-19-35(28)45/h1-25H. The Labute approximate surface area is 268 Å². The van der Waals surface area contributed by atoms with E-state index in [2.05, 4.69) is 165 Å². The van der Waals surface area contributed by atoms with Crippen LogP contribution in [0.25, 0.3) is 93.6 Å². The molecule has 0 fully saturated rings. The molecule has 5 heterocycles. The summed E-state index contributed by atoms with van der Waals surface area (Å²) in [5.74, 6) is 1.78. The van der Waals surface area contributed by atoms with Gasteiger partial charge in [0.15, 0.2) is 0 Å². The van der Waals surface area contributed by atoms with Gasteiger partial charge in [0.2, 0.25) is 0 Å². The maximum atomic E-state index is 5.39. The second-order valence-electron chi connectivity index (χ2n) is 12.3. The number of nitrogens with zero attached hydrogens (tertiary/aromatic N) is 5. The highest BCUT2D eigenvalue weighted by Gasteiger charge is 2.20. The van der Waals surface area contributed by atoms with E-state index in [4.69, 9.17) is 9.97 Å². The topological polar surface area (TPSA) is 40.0 Å². The maximum Gasteiger partial charge on any atom is 0.146 e. The van der Waals surface area contributed by atoms with Gasteiger partial charge in [-0.3, -0.25) is 13.5 Å². The first-order chi connectivity index (χ1) is 23.3. The van der Waals surface area contributed by atoms with Gasteiger partial charge in [0.25, 0.3) is 0 Å². The Bertz CT molecular complexity index is 3030. The van der Waals surface area contributed by atoms with Gasteiger partial charge in [-0.2, -0.15) is 0 Å². The highest BCUT2D eigenvalue weighted by molar-refractivity contribution is 6.20. The fourth-order valence-corrected chi connectivity index (χ4v) is 7.85. The van der Waals surface area contributed by atoms with Crippen LogP contribution < -0.4 is 0 Å². The normalized spacial score (nSPS) is 12.3. The van der Waals surface area contributed by atoms with E-state index < -0.39 is 0 Å². The summed E-state index contributed by atoms with van der Waals surface area (Å²) in [7, 11) is 0. The van der Waals surface area contributed by atoms with E-state index in [0.29, 0.717) is 0 Å². The third kappa shape index (κ3) is 3.27. The Morgan fingerprint density at radius 2 is 0.787 bits per heavy atom. The summed E-state index contributed by atoms with van der Waals surface area (Å²) in [6, 6.07) is 54.0. The SMILES string of the molecule is c1cc(-n2c3ccccc3c3ccccc32)nc(-n2c3ccccc3c3cc4c(cc32)c2ccccc2c2nc3ccccc3n42)c1. The summed E-state index contributed by atoms with van der Waals surface area (Å²) in [5.41, 5.74) is 8.79. The predicted octanol–water partition coefficient (Wildman–Crippen LogP) is 10.4. The van der Waals surface area contributed by atoms with Crippen molar-refractivity contribution in [1.82, 2.24) is 23.5 Å². The van der Waals surface area contributed by atoms with Crippen LogP contribution in [0.2, 0.25) is 0 Å². The van der Waals surface area contributed by atoms with Crippen molar-refractivity contribution in [3.05, 3.63) is 152 Å². The Morgan fingerprint density at radius 1 is 0.319 bits per heavy atom. The number of hydrogen-bond donors (Lipinski definition) is 0. The third-order valence-electron chi connectivity index (χ3n) is 9.81. The first kappa shape index (κ1) is 24.8. The van der Waals surface area contributed by atoms with Gasteiger partial charge < -0.3 is 0 Å². The van der Waals surface area contributed by atoms with E-state index in [1.54, 1.807) is 0 Å². The van der Waals surface area contributed by atoms with Crippen LogP contribution in [0.3, 0.4) is 0 Å². The van der Waals surface area contributed by atoms with Crippen molar-refractivity contribution >= 4 is 82.0 Å². The lowest BCUT2D eigenvalue weighted by atomic mass is 10.0. The smallest absolute Gasteiger partial charge is 0.146 e. The third-order valence-corrected chi connectivity index (χ3v) is 9.81. The Kier molecular flexibility index (Phi) is 4.78. The second kappa shape index (κ2) is 9.05. The van der Waals surface area contributed by atoms with Gasteiger partial charge in [0.1, 0.15) is 17.3 Å². The van der Waals surface area contributed by atoms with E-state index >= 15 is 0 Å². The summed E-state index contributed by atoms with van der Waals surface area (Å²) in [5, 5.41) is 8.35. The molecule has 0 amide bonds. The van der Waals surface area contributed by atoms with Gasteiger partial charge in [-0.25, -0.2) is 9.97 Å². The van der Waals surface area contributed by atoms with Gasteiger partial charge in [0.05, 0.1) is 38.6 Å². The molecule has 5 aromatic heterocycles. The van der Waals surface area contributed by atoms with E-state index in [1.807, 2.05) is 0 Å². The van der Waals surface area contributed by atoms with Crippen molar-refractivity contribution in [1.29, 1.82) is 0 Å². The van der Waals surface area contributed by atoms with Crippen LogP contribution in [0.15, 0.2) is 152 Å². The minimum Gasteiger partial charge on any atom is -0.294 e. The van der Waals surface area contributed by atoms with Crippen LogP contribution in [0.4, 0.5) is 0 Å². The fourth-order valence-electron chi connectivity index (χ4n) is 7.85. The molecular formula is C42H25N5. The molecule has 0 spiro atoms. The van der Waals surface area contributed by atoms with Gasteiger partial charge in [0, 0.05) is 32.3 Å². The maximum absolute atomic E-state index is 5.39. The van der Waals surface area contributed by atoms with Crippen LogP contribution in [0, 0.1) is 0 Å². The summed E-state index contributed by atoms with van der Waals surface area (Å²) < 4.78 is 6.94. The number of rotatable bonds is 2. The summed E-state index contributed by atoms with van der Waals surface area (Å²) in [6.07, 6.45) is 0. The van der Waals surface area contributed by atoms with E-state index in [-0.39, 0.29) is 0 Å². The van der Waals surface area contributed by atoms with E-state index in [1.165, 1.54) is 32.3 Å². The highest BCUT2D eigenvalue weighted by Crippen LogP contribution is 2.39. The second-order valence-corrected chi connectivity index (χ2v) is 12.3. The quantitative estimate of drug-likeness (QED) is 0.186. The molecule has 0 aliphatic carbocycles. The molecule has 0 aliphatic heterocycles. The molecule has 0 bridgehead atoms. The molecule has 0 saturated heterocycles. The van der Waals surface area contributed by atoms with Crippen LogP contribution >= 0.6 is 0 Å². The van der Waals surface area contributed by atoms with Crippen molar-refractivity contribution in [2.24, 2.45) is 0 Å². The Morgan fingerprint density at radius 3 is 1.45 bits per heavy atom. The first-order valence-corrected chi connectivity index (χ1v) is 15.9. The number of aromatic nitrogens is 5. The molecule has 0 radical (unpaired) electrons. The van der Waals surface area contributed by atoms with Gasteiger partial charge in [-0.1, -0.05) is 97.1 Å². The van der Waals surface area contributed by atoms with Crippen molar-refractivity contribution in [2.75, 3.05) is 0 Å². The molecule has 11 rings (SSSR count). The molecule has 0 saturated carbocycles. The average molecular weight is 600 g/mol. The summed E-state index contributed by atoms with van der Waals surface area (Å²) >= 11 is 0. The predicted molar refractivity (Wildman–Crippen MR) is 194 cm³/mol. The molecule has 0 atom stereocenters. The summed E-state index contributed by atoms with van der Waals surface area (Å²) in [4.78, 5) is 10.5. The van der Waals surface area contributed by atoms with Gasteiger partial charge in [-0.15, -0.1) is 0 Å². The molecule has 47 heavy (non-hydrogen) atoms. The lowest BCUT2D eigenvalue weighted by Gasteiger charge is -2.13. The van der Waals surface area contributed by atoms with Gasteiger partial charge >= 0.3 is 0 Å². The minimum atomic E-state index is 0.883. The highest BCUT2D eigenvalue weighted by atomic mass is 15.1. The van der Waals surface area contributed by atoms with Gasteiger partial charge in [-0.05, 0) is 60.0 Å². The van der Waals surface area contributed by atoms with Crippen molar-refractivity contribution < 1.29 is 0 Å². The number of hydrogen-bond acceptors (Lipinski definition) is 2. The molecule has 0 N–H and O–H groups in total. The van der Waals surface area contributed by atoms with Crippen LogP contribution in [0.1, 0.15) is 0 Å². The van der Waals surface area contributed by atoms with Crippen molar-refractivity contribution in [3.63, 3.8) is 0 Å². The molecule has 5 nitrogen and oxygen atoms in total. The average Bonchev–Trinajstić information content (AvgIpc) is 3.79. The monoisotopic (exact) mass is 599 g/mol. The lowest BCUT2D eigenvalue weighted by molar-refractivity contribution is 1.01. The van der Waals surface area contributed by atoms with Crippen LogP contribution in [-0.4, -0.2) is 23.5 Å². The Balaban J connectivity index is 1.26. The number of benzene rings is 6. The van der Waals surface area contributed by atoms with Crippen LogP contribution in [-0.2, 0) is 0 Å². The molecule has 5 heteroatoms. The molecule has 6 aromatic carbocycles. The summed E-state index contributed by atoms with van der Waals surface area (Å²) in [6.45, 7) is 0. The molecule has 0 unspecified atom stereocenters. The fraction of sp³-hybridized carbons (Fsp3) is 0. The molecule has 11 aromatic rings. The van der Waals surface area contributed by atoms with E-state index in [9.17, 15) is 0 Å². The molecule has 0 aliphatic rings. The van der Waals surface area contributed by atoms with Crippen molar-refractivity contribution in [3.8, 4) is 11.6 Å². The van der Waals surface area contributed by atoms with Crippen molar-refractivity contribution in [2.45, 2.75) is 0 Å². The van der Waals surface area contributed by atoms with Crippen LogP contribution in [0.5, 0.6) is 0 Å². The number of imidazole rings is 1. The minimum absolute atomic E-state index is 0.883. The Hall–Kier alpha value is -6.46. The number of pyridine rings is 2. The zero-order chi connectivity index (χ0) is 30.6. The largest absolute Gasteiger partial charge is 0.294 e. The first-order valence-electron chi connectivity index (χ1n) is 15.9. The zero-order valence-electron chi connectivity index (χ0n) is 25.2.